The van der Waals surface area contributed by atoms with Crippen molar-refractivity contribution in [2.24, 2.45) is 10.8 Å². The van der Waals surface area contributed by atoms with Crippen molar-refractivity contribution in [3.05, 3.63) is 76.5 Å². The second-order valence-corrected chi connectivity index (χ2v) is 18.3. The molecule has 3 N–H and O–H groups in total. The highest BCUT2D eigenvalue weighted by atomic mass is 16.5. The molecule has 292 valence electrons. The number of aromatic nitrogens is 1. The SMILES string of the molecule is CC[C@@]12CCCN(CC[C@@]3(Cc4cc(OC)c(O)c(OC)c4)c4ccc(O)c(C5C[C@@]6(CC)CCCN7CCc8c(n5c5ccccc85)[C@H]76)c4N[C@@H]3CC1)C2. The van der Waals surface area contributed by atoms with Gasteiger partial charge in [-0.15, -0.1) is 0 Å². The van der Waals surface area contributed by atoms with E-state index in [1.165, 1.54) is 85.0 Å². The van der Waals surface area contributed by atoms with Gasteiger partial charge < -0.3 is 34.5 Å². The predicted molar refractivity (Wildman–Crippen MR) is 219 cm³/mol. The molecule has 0 amide bonds. The number of piperidine rings is 2. The Labute approximate surface area is 326 Å². The molecule has 3 aromatic carbocycles. The lowest BCUT2D eigenvalue weighted by molar-refractivity contribution is -0.0313. The van der Waals surface area contributed by atoms with E-state index in [2.05, 4.69) is 63.9 Å². The molecule has 2 unspecified atom stereocenters. The van der Waals surface area contributed by atoms with Gasteiger partial charge in [0.1, 0.15) is 5.75 Å². The van der Waals surface area contributed by atoms with Crippen LogP contribution in [0.25, 0.3) is 10.9 Å². The van der Waals surface area contributed by atoms with E-state index < -0.39 is 0 Å². The molecule has 0 radical (unpaired) electrons. The fraction of sp³-hybridized carbons (Fsp3) is 0.574. The number of nitrogens with zero attached hydrogens (tertiary/aromatic N) is 3. The van der Waals surface area contributed by atoms with Crippen LogP contribution in [0.2, 0.25) is 0 Å². The maximum atomic E-state index is 12.4. The Morgan fingerprint density at radius 2 is 1.67 bits per heavy atom. The molecule has 2 bridgehead atoms. The summed E-state index contributed by atoms with van der Waals surface area (Å²) in [7, 11) is 3.23. The Morgan fingerprint density at radius 3 is 2.45 bits per heavy atom. The zero-order valence-corrected chi connectivity index (χ0v) is 33.4. The zero-order chi connectivity index (χ0) is 37.7. The van der Waals surface area contributed by atoms with Crippen molar-refractivity contribution in [3.63, 3.8) is 0 Å². The van der Waals surface area contributed by atoms with Crippen LogP contribution < -0.4 is 14.8 Å². The Bertz CT molecular complexity index is 2120. The number of nitrogens with one attached hydrogen (secondary N) is 1. The van der Waals surface area contributed by atoms with E-state index in [9.17, 15) is 10.2 Å². The summed E-state index contributed by atoms with van der Waals surface area (Å²) in [5, 5.41) is 29.0. The first-order valence-corrected chi connectivity index (χ1v) is 21.4. The van der Waals surface area contributed by atoms with Crippen LogP contribution in [-0.4, -0.2) is 77.6 Å². The van der Waals surface area contributed by atoms with Gasteiger partial charge in [0.05, 0.1) is 26.3 Å². The molecule has 3 fully saturated rings. The van der Waals surface area contributed by atoms with Crippen LogP contribution in [0.4, 0.5) is 5.69 Å². The second-order valence-electron chi connectivity index (χ2n) is 18.3. The fourth-order valence-electron chi connectivity index (χ4n) is 13.3. The molecule has 0 saturated carbocycles. The maximum absolute atomic E-state index is 12.4. The molecule has 8 heteroatoms. The van der Waals surface area contributed by atoms with Gasteiger partial charge >= 0.3 is 0 Å². The number of hydrogen-bond donors (Lipinski definition) is 3. The second kappa shape index (κ2) is 13.1. The highest BCUT2D eigenvalue weighted by Gasteiger charge is 2.56. The number of ether oxygens (including phenoxy) is 2. The Morgan fingerprint density at radius 1 is 0.873 bits per heavy atom. The van der Waals surface area contributed by atoms with Crippen molar-refractivity contribution in [1.82, 2.24) is 14.4 Å². The number of rotatable bonds is 7. The van der Waals surface area contributed by atoms with Crippen LogP contribution in [0, 0.1) is 10.8 Å². The van der Waals surface area contributed by atoms with Crippen molar-refractivity contribution >= 4 is 16.6 Å². The van der Waals surface area contributed by atoms with Crippen LogP contribution in [0.3, 0.4) is 0 Å². The van der Waals surface area contributed by atoms with Gasteiger partial charge in [-0.2, -0.15) is 0 Å². The van der Waals surface area contributed by atoms with Gasteiger partial charge in [0.25, 0.3) is 0 Å². The topological polar surface area (TPSA) is 82.4 Å². The number of aromatic hydroxyl groups is 2. The van der Waals surface area contributed by atoms with Crippen molar-refractivity contribution in [2.75, 3.05) is 52.3 Å². The molecular weight excluding hydrogens is 685 g/mol. The van der Waals surface area contributed by atoms with Crippen LogP contribution in [-0.2, 0) is 18.3 Å². The number of benzene rings is 3. The molecule has 55 heavy (non-hydrogen) atoms. The van der Waals surface area contributed by atoms with Gasteiger partial charge in [0.2, 0.25) is 5.75 Å². The smallest absolute Gasteiger partial charge is 0.200 e. The van der Waals surface area contributed by atoms with Crippen molar-refractivity contribution in [1.29, 1.82) is 0 Å². The standard InChI is InChI=1S/C47H60N4O4/c1-5-45-17-9-21-49(29-45)24-20-47(27-30-25-37(54-3)43(53)38(26-30)55-4)33-13-14-36(52)40(41(33)48-39(47)15-19-45)35-28-46(6-2)18-10-22-50-23-16-32-31-11-7-8-12-34(31)51(35)42(32)44(46)50/h7-8,11-14,25-26,35,39,44,48,52-53H,5-6,9-10,15-24,27-29H2,1-4H3/t35?,39-,44+,45-,46-,47-/m1/s1. The Kier molecular flexibility index (Phi) is 8.45. The van der Waals surface area contributed by atoms with Gasteiger partial charge in [0, 0.05) is 52.4 Å². The van der Waals surface area contributed by atoms with E-state index in [4.69, 9.17) is 9.47 Å². The van der Waals surface area contributed by atoms with E-state index in [0.29, 0.717) is 28.7 Å². The molecule has 1 aromatic heterocycles. The van der Waals surface area contributed by atoms with Crippen molar-refractivity contribution in [2.45, 2.75) is 114 Å². The summed E-state index contributed by atoms with van der Waals surface area (Å²) in [6.45, 7) is 10.5. The Hall–Kier alpha value is -3.88. The van der Waals surface area contributed by atoms with Crippen LogP contribution in [0.5, 0.6) is 23.0 Å². The summed E-state index contributed by atoms with van der Waals surface area (Å²) in [4.78, 5) is 5.57. The summed E-state index contributed by atoms with van der Waals surface area (Å²) in [5.74, 6) is 1.35. The molecule has 4 aromatic rings. The van der Waals surface area contributed by atoms with E-state index in [-0.39, 0.29) is 28.7 Å². The average molecular weight is 745 g/mol. The molecule has 10 rings (SSSR count). The molecule has 8 nitrogen and oxygen atoms in total. The monoisotopic (exact) mass is 744 g/mol. The lowest BCUT2D eigenvalue weighted by Gasteiger charge is -2.57. The van der Waals surface area contributed by atoms with E-state index >= 15 is 0 Å². The van der Waals surface area contributed by atoms with Gasteiger partial charge in [-0.3, -0.25) is 4.90 Å². The summed E-state index contributed by atoms with van der Waals surface area (Å²) >= 11 is 0. The highest BCUT2D eigenvalue weighted by molar-refractivity contribution is 5.87. The maximum Gasteiger partial charge on any atom is 0.200 e. The zero-order valence-electron chi connectivity index (χ0n) is 33.4. The normalized spacial score (nSPS) is 32.4. The van der Waals surface area contributed by atoms with Crippen LogP contribution in [0.15, 0.2) is 48.5 Å². The minimum Gasteiger partial charge on any atom is -0.508 e. The number of anilines is 1. The number of fused-ring (bicyclic) bond motifs is 8. The van der Waals surface area contributed by atoms with Crippen LogP contribution in [0.1, 0.15) is 118 Å². The van der Waals surface area contributed by atoms with Gasteiger partial charge in [-0.05, 0) is 148 Å². The van der Waals surface area contributed by atoms with E-state index in [0.717, 1.165) is 69.3 Å². The van der Waals surface area contributed by atoms with Gasteiger partial charge in [-0.1, -0.05) is 38.1 Å². The summed E-state index contributed by atoms with van der Waals surface area (Å²) < 4.78 is 14.1. The minimum atomic E-state index is -0.239. The first-order valence-electron chi connectivity index (χ1n) is 21.4. The largest absolute Gasteiger partial charge is 0.508 e. The third-order valence-corrected chi connectivity index (χ3v) is 16.1. The summed E-state index contributed by atoms with van der Waals surface area (Å²) in [5.41, 5.74) is 9.32. The molecule has 7 heterocycles. The lowest BCUT2D eigenvalue weighted by Crippen LogP contribution is -2.53. The molecule has 3 saturated heterocycles. The molecular formula is C47H60N4O4. The summed E-state index contributed by atoms with van der Waals surface area (Å²) in [6.07, 6.45) is 13.6. The van der Waals surface area contributed by atoms with Crippen molar-refractivity contribution < 1.29 is 19.7 Å². The number of methoxy groups -OCH3 is 2. The predicted octanol–water partition coefficient (Wildman–Crippen LogP) is 9.10. The Balaban J connectivity index is 1.18. The summed E-state index contributed by atoms with van der Waals surface area (Å²) in [6, 6.07) is 18.1. The third kappa shape index (κ3) is 5.15. The third-order valence-electron chi connectivity index (χ3n) is 16.1. The fourth-order valence-corrected chi connectivity index (χ4v) is 13.3. The van der Waals surface area contributed by atoms with Gasteiger partial charge in [0.15, 0.2) is 11.5 Å². The lowest BCUT2D eigenvalue weighted by atomic mass is 9.62. The number of hydrogen-bond acceptors (Lipinski definition) is 7. The molecule has 6 aliphatic heterocycles. The molecule has 7 atom stereocenters. The number of para-hydroxylation sites is 1. The number of phenols is 2. The highest BCUT2D eigenvalue weighted by Crippen LogP contribution is 2.63. The van der Waals surface area contributed by atoms with Crippen LogP contribution >= 0.6 is 0 Å². The van der Waals surface area contributed by atoms with Crippen molar-refractivity contribution in [3.8, 4) is 23.0 Å². The first-order chi connectivity index (χ1) is 26.8. The minimum absolute atomic E-state index is 0.0219. The average Bonchev–Trinajstić information content (AvgIpc) is 3.72. The molecule has 0 aliphatic carbocycles. The van der Waals surface area contributed by atoms with Gasteiger partial charge in [-0.25, -0.2) is 0 Å². The quantitative estimate of drug-likeness (QED) is 0.174. The molecule has 6 aliphatic rings. The van der Waals surface area contributed by atoms with E-state index in [1.807, 2.05) is 18.2 Å². The first kappa shape index (κ1) is 35.5. The van der Waals surface area contributed by atoms with E-state index in [1.54, 1.807) is 14.2 Å². The molecule has 0 spiro atoms. The number of phenolic OH excluding ortho intramolecular Hbond substituents is 2.